The molecule has 0 spiro atoms. The molecule has 1 aromatic carbocycles. The summed E-state index contributed by atoms with van der Waals surface area (Å²) in [5, 5.41) is 3.13. The molecule has 1 fully saturated rings. The molecule has 0 saturated carbocycles. The second-order valence-corrected chi connectivity index (χ2v) is 5.80. The van der Waals surface area contributed by atoms with Gasteiger partial charge in [0.05, 0.1) is 18.1 Å². The minimum Gasteiger partial charge on any atom is -0.378 e. The van der Waals surface area contributed by atoms with Crippen molar-refractivity contribution in [2.75, 3.05) is 26.3 Å². The molecule has 100 valence electrons. The van der Waals surface area contributed by atoms with Crippen molar-refractivity contribution in [2.24, 2.45) is 0 Å². The average molecular weight is 274 g/mol. The van der Waals surface area contributed by atoms with Gasteiger partial charge in [0.25, 0.3) is 0 Å². The first kappa shape index (κ1) is 13.4. The number of nitrogens with one attached hydrogen (secondary N) is 2. The Morgan fingerprint density at radius 2 is 2.33 bits per heavy atom. The van der Waals surface area contributed by atoms with Gasteiger partial charge in [-0.25, -0.2) is 17.5 Å². The lowest BCUT2D eigenvalue weighted by Crippen LogP contribution is -2.48. The van der Waals surface area contributed by atoms with Crippen molar-refractivity contribution in [1.82, 2.24) is 10.0 Å². The van der Waals surface area contributed by atoms with Gasteiger partial charge in [-0.3, -0.25) is 0 Å². The summed E-state index contributed by atoms with van der Waals surface area (Å²) in [6.45, 7) is 2.02. The molecule has 1 heterocycles. The normalized spacial score (nSPS) is 20.8. The zero-order valence-electron chi connectivity index (χ0n) is 9.73. The SMILES string of the molecule is O=S(=O)(NCC1COCCN1)c1cccc(F)c1. The molecule has 1 saturated heterocycles. The predicted molar refractivity (Wildman–Crippen MR) is 64.2 cm³/mol. The summed E-state index contributed by atoms with van der Waals surface area (Å²) in [4.78, 5) is -0.0702. The summed E-state index contributed by atoms with van der Waals surface area (Å²) in [6.07, 6.45) is 0. The number of morpholine rings is 1. The van der Waals surface area contributed by atoms with E-state index in [4.69, 9.17) is 4.74 Å². The highest BCUT2D eigenvalue weighted by Gasteiger charge is 2.18. The number of ether oxygens (including phenoxy) is 1. The molecule has 0 aromatic heterocycles. The number of sulfonamides is 1. The fraction of sp³-hybridized carbons (Fsp3) is 0.455. The second-order valence-electron chi connectivity index (χ2n) is 4.04. The van der Waals surface area contributed by atoms with E-state index in [0.717, 1.165) is 6.07 Å². The maximum atomic E-state index is 13.0. The minimum absolute atomic E-state index is 0.0536. The van der Waals surface area contributed by atoms with Gasteiger partial charge < -0.3 is 10.1 Å². The summed E-state index contributed by atoms with van der Waals surface area (Å²) in [5.41, 5.74) is 0. The highest BCUT2D eigenvalue weighted by molar-refractivity contribution is 7.89. The van der Waals surface area contributed by atoms with Crippen LogP contribution in [0.1, 0.15) is 0 Å². The first-order valence-electron chi connectivity index (χ1n) is 5.64. The summed E-state index contributed by atoms with van der Waals surface area (Å²) in [5.74, 6) is -0.572. The molecular weight excluding hydrogens is 259 g/mol. The topological polar surface area (TPSA) is 67.4 Å². The molecule has 0 amide bonds. The van der Waals surface area contributed by atoms with Crippen LogP contribution in [-0.4, -0.2) is 40.8 Å². The third-order valence-corrected chi connectivity index (χ3v) is 4.05. The lowest BCUT2D eigenvalue weighted by atomic mass is 10.3. The van der Waals surface area contributed by atoms with Crippen LogP contribution in [0.3, 0.4) is 0 Å². The molecule has 1 aliphatic rings. The molecule has 5 nitrogen and oxygen atoms in total. The van der Waals surface area contributed by atoms with Gasteiger partial charge in [0.1, 0.15) is 5.82 Å². The Morgan fingerprint density at radius 1 is 1.50 bits per heavy atom. The Balaban J connectivity index is 1.98. The number of benzene rings is 1. The van der Waals surface area contributed by atoms with Gasteiger partial charge in [-0.15, -0.1) is 0 Å². The van der Waals surface area contributed by atoms with Crippen LogP contribution in [0.15, 0.2) is 29.2 Å². The van der Waals surface area contributed by atoms with Crippen LogP contribution in [0, 0.1) is 5.82 Å². The van der Waals surface area contributed by atoms with E-state index in [1.807, 2.05) is 0 Å². The van der Waals surface area contributed by atoms with E-state index < -0.39 is 15.8 Å². The van der Waals surface area contributed by atoms with Crippen molar-refractivity contribution in [1.29, 1.82) is 0 Å². The van der Waals surface area contributed by atoms with Gasteiger partial charge in [0.2, 0.25) is 10.0 Å². The maximum Gasteiger partial charge on any atom is 0.240 e. The van der Waals surface area contributed by atoms with Crippen LogP contribution in [0.2, 0.25) is 0 Å². The fourth-order valence-electron chi connectivity index (χ4n) is 1.68. The van der Waals surface area contributed by atoms with Crippen LogP contribution < -0.4 is 10.0 Å². The van der Waals surface area contributed by atoms with E-state index in [2.05, 4.69) is 10.0 Å². The van der Waals surface area contributed by atoms with Crippen molar-refractivity contribution in [3.8, 4) is 0 Å². The van der Waals surface area contributed by atoms with E-state index in [0.29, 0.717) is 19.8 Å². The number of rotatable bonds is 4. The van der Waals surface area contributed by atoms with Crippen molar-refractivity contribution >= 4 is 10.0 Å². The largest absolute Gasteiger partial charge is 0.378 e. The van der Waals surface area contributed by atoms with E-state index in [1.54, 1.807) is 0 Å². The summed E-state index contributed by atoms with van der Waals surface area (Å²) < 4.78 is 44.4. The Labute approximate surface area is 105 Å². The Hall–Kier alpha value is -1.02. The quantitative estimate of drug-likeness (QED) is 0.817. The Bertz CT molecular complexity index is 501. The fourth-order valence-corrected chi connectivity index (χ4v) is 2.79. The zero-order valence-corrected chi connectivity index (χ0v) is 10.5. The third kappa shape index (κ3) is 3.49. The first-order valence-corrected chi connectivity index (χ1v) is 7.12. The van der Waals surface area contributed by atoms with Crippen LogP contribution in [-0.2, 0) is 14.8 Å². The predicted octanol–water partition coefficient (Wildman–Crippen LogP) is 0.0924. The monoisotopic (exact) mass is 274 g/mol. The molecule has 7 heteroatoms. The van der Waals surface area contributed by atoms with E-state index in [1.165, 1.54) is 18.2 Å². The highest BCUT2D eigenvalue weighted by atomic mass is 32.2. The highest BCUT2D eigenvalue weighted by Crippen LogP contribution is 2.10. The lowest BCUT2D eigenvalue weighted by Gasteiger charge is -2.23. The average Bonchev–Trinajstić information content (AvgIpc) is 2.38. The summed E-state index contributed by atoms with van der Waals surface area (Å²) in [6, 6.07) is 4.87. The molecule has 0 aliphatic carbocycles. The molecule has 0 bridgehead atoms. The van der Waals surface area contributed by atoms with Gasteiger partial charge in [0.15, 0.2) is 0 Å². The molecule has 1 unspecified atom stereocenters. The molecular formula is C11H15FN2O3S. The second kappa shape index (κ2) is 5.75. The van der Waals surface area contributed by atoms with Crippen LogP contribution in [0.5, 0.6) is 0 Å². The van der Waals surface area contributed by atoms with Crippen LogP contribution in [0.25, 0.3) is 0 Å². The summed E-state index contributed by atoms with van der Waals surface area (Å²) >= 11 is 0. The van der Waals surface area contributed by atoms with Crippen molar-refractivity contribution in [2.45, 2.75) is 10.9 Å². The lowest BCUT2D eigenvalue weighted by molar-refractivity contribution is 0.0784. The van der Waals surface area contributed by atoms with Crippen LogP contribution in [0.4, 0.5) is 4.39 Å². The van der Waals surface area contributed by atoms with Gasteiger partial charge in [-0.05, 0) is 18.2 Å². The molecule has 1 aromatic rings. The van der Waals surface area contributed by atoms with E-state index in [9.17, 15) is 12.8 Å². The standard InChI is InChI=1S/C11H15FN2O3S/c12-9-2-1-3-11(6-9)18(15,16)14-7-10-8-17-5-4-13-10/h1-3,6,10,13-14H,4-5,7-8H2. The van der Waals surface area contributed by atoms with Crippen molar-refractivity contribution in [3.05, 3.63) is 30.1 Å². The van der Waals surface area contributed by atoms with Gasteiger partial charge in [-0.2, -0.15) is 0 Å². The van der Waals surface area contributed by atoms with Crippen molar-refractivity contribution < 1.29 is 17.5 Å². The molecule has 1 aliphatic heterocycles. The van der Waals surface area contributed by atoms with E-state index >= 15 is 0 Å². The molecule has 0 radical (unpaired) electrons. The Morgan fingerprint density at radius 3 is 3.00 bits per heavy atom. The number of hydrogen-bond donors (Lipinski definition) is 2. The first-order chi connectivity index (χ1) is 8.58. The van der Waals surface area contributed by atoms with Crippen LogP contribution >= 0.6 is 0 Å². The zero-order chi connectivity index (χ0) is 13.0. The molecule has 18 heavy (non-hydrogen) atoms. The third-order valence-electron chi connectivity index (χ3n) is 2.62. The Kier molecular flexibility index (Phi) is 4.28. The summed E-state index contributed by atoms with van der Waals surface area (Å²) in [7, 11) is -3.67. The maximum absolute atomic E-state index is 13.0. The molecule has 1 atom stereocenters. The minimum atomic E-state index is -3.67. The van der Waals surface area contributed by atoms with Gasteiger partial charge in [0, 0.05) is 19.1 Å². The molecule has 2 rings (SSSR count). The number of hydrogen-bond acceptors (Lipinski definition) is 4. The van der Waals surface area contributed by atoms with Gasteiger partial charge >= 0.3 is 0 Å². The smallest absolute Gasteiger partial charge is 0.240 e. The van der Waals surface area contributed by atoms with Crippen molar-refractivity contribution in [3.63, 3.8) is 0 Å². The molecule has 2 N–H and O–H groups in total. The van der Waals surface area contributed by atoms with E-state index in [-0.39, 0.29) is 17.5 Å². The number of halogens is 1. The van der Waals surface area contributed by atoms with Gasteiger partial charge in [-0.1, -0.05) is 6.07 Å².